The highest BCUT2D eigenvalue weighted by molar-refractivity contribution is 5.90. The molecule has 0 aliphatic carbocycles. The van der Waals surface area contributed by atoms with Crippen LogP contribution in [0.2, 0.25) is 0 Å². The normalized spacial score (nSPS) is 10.9. The maximum absolute atomic E-state index is 10.7. The molecule has 0 fully saturated rings. The number of nitro groups is 1. The van der Waals surface area contributed by atoms with Crippen LogP contribution in [0.1, 0.15) is 18.1 Å². The molecule has 0 saturated heterocycles. The van der Waals surface area contributed by atoms with E-state index in [4.69, 9.17) is 4.74 Å². The molecule has 0 amide bonds. The van der Waals surface area contributed by atoms with Crippen LogP contribution in [0, 0.1) is 21.4 Å². The first kappa shape index (κ1) is 16.0. The molecule has 116 valence electrons. The molecule has 0 atom stereocenters. The largest absolute Gasteiger partial charge is 0.504 e. The quantitative estimate of drug-likeness (QED) is 0.392. The zero-order chi connectivity index (χ0) is 16.8. The van der Waals surface area contributed by atoms with Crippen molar-refractivity contribution in [3.63, 3.8) is 0 Å². The van der Waals surface area contributed by atoms with Crippen molar-refractivity contribution in [2.75, 3.05) is 6.61 Å². The van der Waals surface area contributed by atoms with Crippen molar-refractivity contribution >= 4 is 17.3 Å². The zero-order valence-electron chi connectivity index (χ0n) is 12.4. The number of allylic oxidation sites excluding steroid dienone is 1. The van der Waals surface area contributed by atoms with Crippen LogP contribution in [0.3, 0.4) is 0 Å². The topological polar surface area (TPSA) is 96.4 Å². The highest BCUT2D eigenvalue weighted by Crippen LogP contribution is 2.29. The lowest BCUT2D eigenvalue weighted by Crippen LogP contribution is -1.92. The van der Waals surface area contributed by atoms with E-state index in [2.05, 4.69) is 6.07 Å². The maximum Gasteiger partial charge on any atom is 0.269 e. The van der Waals surface area contributed by atoms with Gasteiger partial charge in [0.2, 0.25) is 0 Å². The van der Waals surface area contributed by atoms with Gasteiger partial charge in [0.05, 0.1) is 23.2 Å². The van der Waals surface area contributed by atoms with E-state index in [0.29, 0.717) is 29.1 Å². The molecular formula is C17H14N2O4. The van der Waals surface area contributed by atoms with Crippen LogP contribution in [0.4, 0.5) is 5.69 Å². The molecule has 0 spiro atoms. The summed E-state index contributed by atoms with van der Waals surface area (Å²) >= 11 is 0. The van der Waals surface area contributed by atoms with Gasteiger partial charge in [-0.25, -0.2) is 0 Å². The summed E-state index contributed by atoms with van der Waals surface area (Å²) in [6.07, 6.45) is 1.63. The molecule has 0 aromatic heterocycles. The summed E-state index contributed by atoms with van der Waals surface area (Å²) in [4.78, 5) is 10.2. The fraction of sp³-hybridized carbons (Fsp3) is 0.118. The highest BCUT2D eigenvalue weighted by Gasteiger charge is 2.08. The molecule has 0 radical (unpaired) electrons. The number of benzene rings is 2. The van der Waals surface area contributed by atoms with Crippen molar-refractivity contribution in [3.05, 3.63) is 63.7 Å². The van der Waals surface area contributed by atoms with Crippen LogP contribution in [0.15, 0.2) is 42.5 Å². The van der Waals surface area contributed by atoms with E-state index >= 15 is 0 Å². The van der Waals surface area contributed by atoms with E-state index in [-0.39, 0.29) is 11.4 Å². The van der Waals surface area contributed by atoms with Gasteiger partial charge in [-0.05, 0) is 48.4 Å². The standard InChI is InChI=1S/C17H14N2O4/c1-2-23-17-10-12(3-8-16(17)20)9-14(11-18)13-4-6-15(7-5-13)19(21)22/h3-10,20H,2H2,1H3/b14-9+. The third-order valence-corrected chi connectivity index (χ3v) is 3.10. The van der Waals surface area contributed by atoms with E-state index in [0.717, 1.165) is 0 Å². The van der Waals surface area contributed by atoms with Gasteiger partial charge < -0.3 is 9.84 Å². The molecule has 1 N–H and O–H groups in total. The van der Waals surface area contributed by atoms with Crippen molar-refractivity contribution in [3.8, 4) is 17.6 Å². The summed E-state index contributed by atoms with van der Waals surface area (Å²) in [6, 6.07) is 12.6. The first-order valence-corrected chi connectivity index (χ1v) is 6.87. The molecule has 0 aliphatic rings. The van der Waals surface area contributed by atoms with Crippen molar-refractivity contribution in [1.29, 1.82) is 5.26 Å². The van der Waals surface area contributed by atoms with Crippen molar-refractivity contribution in [2.45, 2.75) is 6.92 Å². The number of hydrogen-bond acceptors (Lipinski definition) is 5. The summed E-state index contributed by atoms with van der Waals surface area (Å²) in [7, 11) is 0. The number of nitro benzene ring substituents is 1. The first-order chi connectivity index (χ1) is 11.0. The molecule has 2 rings (SSSR count). The summed E-state index contributed by atoms with van der Waals surface area (Å²) in [6.45, 7) is 2.22. The number of nitriles is 1. The Morgan fingerprint density at radius 2 is 2.04 bits per heavy atom. The smallest absolute Gasteiger partial charge is 0.269 e. The number of nitrogens with zero attached hydrogens (tertiary/aromatic N) is 2. The number of ether oxygens (including phenoxy) is 1. The van der Waals surface area contributed by atoms with Crippen LogP contribution >= 0.6 is 0 Å². The van der Waals surface area contributed by atoms with Crippen LogP contribution in [-0.2, 0) is 0 Å². The van der Waals surface area contributed by atoms with E-state index in [1.54, 1.807) is 25.1 Å². The summed E-state index contributed by atoms with van der Waals surface area (Å²) < 4.78 is 5.30. The average molecular weight is 310 g/mol. The van der Waals surface area contributed by atoms with E-state index in [1.165, 1.54) is 30.3 Å². The summed E-state index contributed by atoms with van der Waals surface area (Å²) in [5.74, 6) is 0.361. The lowest BCUT2D eigenvalue weighted by atomic mass is 10.0. The van der Waals surface area contributed by atoms with Gasteiger partial charge in [-0.1, -0.05) is 6.07 Å². The second kappa shape index (κ2) is 7.09. The Balaban J connectivity index is 2.37. The highest BCUT2D eigenvalue weighted by atomic mass is 16.6. The summed E-state index contributed by atoms with van der Waals surface area (Å²) in [5, 5.41) is 29.7. The Morgan fingerprint density at radius 1 is 1.35 bits per heavy atom. The molecule has 6 nitrogen and oxygen atoms in total. The van der Waals surface area contributed by atoms with Crippen molar-refractivity contribution in [2.24, 2.45) is 0 Å². The lowest BCUT2D eigenvalue weighted by Gasteiger charge is -2.07. The van der Waals surface area contributed by atoms with Gasteiger partial charge in [0.25, 0.3) is 5.69 Å². The van der Waals surface area contributed by atoms with Gasteiger partial charge in [0.15, 0.2) is 11.5 Å². The maximum atomic E-state index is 10.7. The third-order valence-electron chi connectivity index (χ3n) is 3.10. The Labute approximate surface area is 133 Å². The Morgan fingerprint density at radius 3 is 2.61 bits per heavy atom. The second-order valence-electron chi connectivity index (χ2n) is 4.63. The minimum Gasteiger partial charge on any atom is -0.504 e. The van der Waals surface area contributed by atoms with E-state index in [1.807, 2.05) is 0 Å². The molecule has 0 heterocycles. The van der Waals surface area contributed by atoms with Gasteiger partial charge in [-0.3, -0.25) is 10.1 Å². The number of aromatic hydroxyl groups is 1. The Hall–Kier alpha value is -3.33. The number of hydrogen-bond donors (Lipinski definition) is 1. The first-order valence-electron chi connectivity index (χ1n) is 6.87. The molecule has 0 saturated carbocycles. The van der Waals surface area contributed by atoms with Gasteiger partial charge in [0, 0.05) is 12.1 Å². The molecule has 0 unspecified atom stereocenters. The summed E-state index contributed by atoms with van der Waals surface area (Å²) in [5.41, 5.74) is 1.58. The van der Waals surface area contributed by atoms with E-state index < -0.39 is 4.92 Å². The molecule has 0 aliphatic heterocycles. The molecule has 2 aromatic carbocycles. The minimum atomic E-state index is -0.492. The van der Waals surface area contributed by atoms with Crippen molar-refractivity contribution in [1.82, 2.24) is 0 Å². The Bertz CT molecular complexity index is 789. The van der Waals surface area contributed by atoms with Crippen LogP contribution in [-0.4, -0.2) is 16.6 Å². The minimum absolute atomic E-state index is 0.0258. The number of phenols is 1. The molecular weight excluding hydrogens is 296 g/mol. The van der Waals surface area contributed by atoms with Crippen LogP contribution < -0.4 is 4.74 Å². The number of phenolic OH excluding ortho intramolecular Hbond substituents is 1. The zero-order valence-corrected chi connectivity index (χ0v) is 12.4. The fourth-order valence-corrected chi connectivity index (χ4v) is 2.00. The fourth-order valence-electron chi connectivity index (χ4n) is 2.00. The van der Waals surface area contributed by atoms with Gasteiger partial charge >= 0.3 is 0 Å². The van der Waals surface area contributed by atoms with Gasteiger partial charge in [-0.15, -0.1) is 0 Å². The van der Waals surface area contributed by atoms with E-state index in [9.17, 15) is 20.5 Å². The van der Waals surface area contributed by atoms with Gasteiger partial charge in [0.1, 0.15) is 0 Å². The number of rotatable bonds is 5. The molecule has 0 bridgehead atoms. The predicted molar refractivity (Wildman–Crippen MR) is 85.9 cm³/mol. The Kier molecular flexibility index (Phi) is 4.95. The number of non-ortho nitro benzene ring substituents is 1. The van der Waals surface area contributed by atoms with Crippen LogP contribution in [0.25, 0.3) is 11.6 Å². The second-order valence-corrected chi connectivity index (χ2v) is 4.63. The molecule has 23 heavy (non-hydrogen) atoms. The van der Waals surface area contributed by atoms with Gasteiger partial charge in [-0.2, -0.15) is 5.26 Å². The van der Waals surface area contributed by atoms with Crippen LogP contribution in [0.5, 0.6) is 11.5 Å². The monoisotopic (exact) mass is 310 g/mol. The average Bonchev–Trinajstić information content (AvgIpc) is 2.56. The van der Waals surface area contributed by atoms with Crippen molar-refractivity contribution < 1.29 is 14.8 Å². The third kappa shape index (κ3) is 3.86. The predicted octanol–water partition coefficient (Wildman–Crippen LogP) is 3.76. The SMILES string of the molecule is CCOc1cc(/C=C(\C#N)c2ccc([N+](=O)[O-])cc2)ccc1O. The molecule has 6 heteroatoms. The lowest BCUT2D eigenvalue weighted by molar-refractivity contribution is -0.384. The molecule has 2 aromatic rings.